The molecule has 2 nitrogen and oxygen atoms in total. The van der Waals surface area contributed by atoms with Crippen molar-refractivity contribution >= 4 is 24.8 Å². The molecule has 1 aliphatic carbocycles. The summed E-state index contributed by atoms with van der Waals surface area (Å²) in [7, 11) is 0. The second-order valence-corrected chi connectivity index (χ2v) is 2.24. The van der Waals surface area contributed by atoms with Crippen molar-refractivity contribution in [1.29, 1.82) is 0 Å². The van der Waals surface area contributed by atoms with Gasteiger partial charge in [0.1, 0.15) is 0 Å². The minimum Gasteiger partial charge on any atom is -0.329 e. The predicted molar refractivity (Wildman–Crippen MR) is 44.2 cm³/mol. The van der Waals surface area contributed by atoms with E-state index in [2.05, 4.69) is 0 Å². The molecule has 0 radical (unpaired) electrons. The zero-order valence-electron chi connectivity index (χ0n) is 5.25. The predicted octanol–water partition coefficient (Wildman–Crippen LogP) is 0.526. The Morgan fingerprint density at radius 1 is 1.33 bits per heavy atom. The lowest BCUT2D eigenvalue weighted by molar-refractivity contribution is 0.605. The van der Waals surface area contributed by atoms with Crippen LogP contribution in [-0.2, 0) is 0 Å². The molecule has 1 rings (SSSR count). The second kappa shape index (κ2) is 5.30. The highest BCUT2D eigenvalue weighted by atomic mass is 35.5. The molecular formula is C5H14Cl2N2. The van der Waals surface area contributed by atoms with Crippen LogP contribution in [0.3, 0.4) is 0 Å². The maximum atomic E-state index is 5.55. The van der Waals surface area contributed by atoms with E-state index in [0.717, 1.165) is 5.92 Å². The first kappa shape index (κ1) is 12.2. The van der Waals surface area contributed by atoms with Crippen molar-refractivity contribution in [3.63, 3.8) is 0 Å². The Kier molecular flexibility index (Phi) is 7.18. The summed E-state index contributed by atoms with van der Waals surface area (Å²) in [5, 5.41) is 0. The Morgan fingerprint density at radius 2 is 1.78 bits per heavy atom. The van der Waals surface area contributed by atoms with Crippen LogP contribution in [0.25, 0.3) is 0 Å². The number of hydrogen-bond donors (Lipinski definition) is 2. The lowest BCUT2D eigenvalue weighted by Gasteiger charge is -2.02. The molecule has 1 fully saturated rings. The number of rotatable bonds is 2. The Morgan fingerprint density at radius 3 is 1.89 bits per heavy atom. The molecule has 1 aliphatic rings. The van der Waals surface area contributed by atoms with E-state index in [1.807, 2.05) is 0 Å². The Balaban J connectivity index is 0. The van der Waals surface area contributed by atoms with Gasteiger partial charge >= 0.3 is 0 Å². The van der Waals surface area contributed by atoms with Crippen LogP contribution in [-0.4, -0.2) is 12.6 Å². The Bertz CT molecular complexity index is 66.0. The maximum Gasteiger partial charge on any atom is 0.0191 e. The van der Waals surface area contributed by atoms with Gasteiger partial charge in [-0.1, -0.05) is 0 Å². The largest absolute Gasteiger partial charge is 0.329 e. The molecule has 58 valence electrons. The Labute approximate surface area is 68.2 Å². The smallest absolute Gasteiger partial charge is 0.0191 e. The van der Waals surface area contributed by atoms with E-state index >= 15 is 0 Å². The van der Waals surface area contributed by atoms with Crippen molar-refractivity contribution in [3.8, 4) is 0 Å². The van der Waals surface area contributed by atoms with Gasteiger partial charge in [-0.05, 0) is 18.8 Å². The van der Waals surface area contributed by atoms with Gasteiger partial charge in [-0.3, -0.25) is 0 Å². The Hall–Kier alpha value is 0.500. The third-order valence-corrected chi connectivity index (χ3v) is 1.50. The van der Waals surface area contributed by atoms with Gasteiger partial charge in [0.25, 0.3) is 0 Å². The minimum atomic E-state index is 0. The van der Waals surface area contributed by atoms with E-state index in [-0.39, 0.29) is 24.8 Å². The van der Waals surface area contributed by atoms with Crippen LogP contribution in [0.4, 0.5) is 0 Å². The second-order valence-electron chi connectivity index (χ2n) is 2.24. The molecule has 0 aromatic carbocycles. The molecule has 0 aliphatic heterocycles. The molecule has 0 heterocycles. The number of halogens is 2. The third kappa shape index (κ3) is 3.98. The summed E-state index contributed by atoms with van der Waals surface area (Å²) < 4.78 is 0. The van der Waals surface area contributed by atoms with Gasteiger partial charge in [0.15, 0.2) is 0 Å². The SMILES string of the molecule is Cl.Cl.NC[C@@H](N)C1CC1. The fourth-order valence-corrected chi connectivity index (χ4v) is 0.717. The summed E-state index contributed by atoms with van der Waals surface area (Å²) in [5.41, 5.74) is 10.8. The molecule has 4 heteroatoms. The molecule has 0 spiro atoms. The van der Waals surface area contributed by atoms with Gasteiger partial charge < -0.3 is 11.5 Å². The summed E-state index contributed by atoms with van der Waals surface area (Å²) in [5.74, 6) is 0.769. The van der Waals surface area contributed by atoms with Gasteiger partial charge in [0.05, 0.1) is 0 Å². The van der Waals surface area contributed by atoms with Crippen LogP contribution in [0.1, 0.15) is 12.8 Å². The number of hydrogen-bond acceptors (Lipinski definition) is 2. The van der Waals surface area contributed by atoms with Crippen molar-refractivity contribution in [3.05, 3.63) is 0 Å². The highest BCUT2D eigenvalue weighted by Crippen LogP contribution is 2.30. The first-order chi connectivity index (χ1) is 3.34. The number of nitrogens with two attached hydrogens (primary N) is 2. The fraction of sp³-hybridized carbons (Fsp3) is 1.00. The summed E-state index contributed by atoms with van der Waals surface area (Å²) in [6.45, 7) is 0.657. The summed E-state index contributed by atoms with van der Waals surface area (Å²) in [6, 6.07) is 0.292. The normalized spacial score (nSPS) is 19.3. The highest BCUT2D eigenvalue weighted by molar-refractivity contribution is 5.85. The van der Waals surface area contributed by atoms with Crippen LogP contribution >= 0.6 is 24.8 Å². The maximum absolute atomic E-state index is 5.55. The quantitative estimate of drug-likeness (QED) is 0.639. The molecule has 0 aromatic heterocycles. The van der Waals surface area contributed by atoms with Crippen LogP contribution in [0, 0.1) is 5.92 Å². The van der Waals surface area contributed by atoms with E-state index in [0.29, 0.717) is 12.6 Å². The summed E-state index contributed by atoms with van der Waals surface area (Å²) in [6.07, 6.45) is 2.61. The van der Waals surface area contributed by atoms with Crippen LogP contribution in [0.2, 0.25) is 0 Å². The first-order valence-electron chi connectivity index (χ1n) is 2.80. The van der Waals surface area contributed by atoms with Gasteiger partial charge in [0.2, 0.25) is 0 Å². The fourth-order valence-electron chi connectivity index (χ4n) is 0.717. The highest BCUT2D eigenvalue weighted by Gasteiger charge is 2.26. The van der Waals surface area contributed by atoms with Gasteiger partial charge in [-0.2, -0.15) is 0 Å². The van der Waals surface area contributed by atoms with Crippen molar-refractivity contribution in [2.24, 2.45) is 17.4 Å². The van der Waals surface area contributed by atoms with Crippen LogP contribution in [0.5, 0.6) is 0 Å². The van der Waals surface area contributed by atoms with Crippen molar-refractivity contribution in [2.45, 2.75) is 18.9 Å². The van der Waals surface area contributed by atoms with Crippen LogP contribution < -0.4 is 11.5 Å². The monoisotopic (exact) mass is 172 g/mol. The summed E-state index contributed by atoms with van der Waals surface area (Å²) in [4.78, 5) is 0. The van der Waals surface area contributed by atoms with Crippen LogP contribution in [0.15, 0.2) is 0 Å². The van der Waals surface area contributed by atoms with Gasteiger partial charge in [-0.25, -0.2) is 0 Å². The van der Waals surface area contributed by atoms with Gasteiger partial charge in [0, 0.05) is 12.6 Å². The van der Waals surface area contributed by atoms with E-state index < -0.39 is 0 Å². The first-order valence-corrected chi connectivity index (χ1v) is 2.80. The van der Waals surface area contributed by atoms with Gasteiger partial charge in [-0.15, -0.1) is 24.8 Å². The minimum absolute atomic E-state index is 0. The molecule has 0 saturated heterocycles. The average Bonchev–Trinajstić information content (AvgIpc) is 2.44. The third-order valence-electron chi connectivity index (χ3n) is 1.50. The standard InChI is InChI=1S/C5H12N2.2ClH/c6-3-5(7)4-1-2-4;;/h4-5H,1-3,6-7H2;2*1H/t5-;;/m1../s1. The molecule has 0 aromatic rings. The molecule has 0 unspecified atom stereocenters. The lowest BCUT2D eigenvalue weighted by atomic mass is 10.2. The molecule has 0 amide bonds. The molecule has 1 atom stereocenters. The average molecular weight is 173 g/mol. The van der Waals surface area contributed by atoms with E-state index in [1.165, 1.54) is 12.8 Å². The lowest BCUT2D eigenvalue weighted by Crippen LogP contribution is -2.31. The molecule has 9 heavy (non-hydrogen) atoms. The van der Waals surface area contributed by atoms with E-state index in [4.69, 9.17) is 11.5 Å². The molecule has 4 N–H and O–H groups in total. The topological polar surface area (TPSA) is 52.0 Å². The van der Waals surface area contributed by atoms with E-state index in [9.17, 15) is 0 Å². The zero-order valence-corrected chi connectivity index (χ0v) is 6.88. The molecule has 0 bridgehead atoms. The zero-order chi connectivity index (χ0) is 5.28. The van der Waals surface area contributed by atoms with E-state index in [1.54, 1.807) is 0 Å². The molecular weight excluding hydrogens is 159 g/mol. The van der Waals surface area contributed by atoms with Crippen molar-refractivity contribution in [1.82, 2.24) is 0 Å². The van der Waals surface area contributed by atoms with Crippen molar-refractivity contribution in [2.75, 3.05) is 6.54 Å². The molecule has 1 saturated carbocycles. The summed E-state index contributed by atoms with van der Waals surface area (Å²) >= 11 is 0. The van der Waals surface area contributed by atoms with Crippen molar-refractivity contribution < 1.29 is 0 Å².